The van der Waals surface area contributed by atoms with Crippen molar-refractivity contribution in [1.82, 2.24) is 9.78 Å². The van der Waals surface area contributed by atoms with Gasteiger partial charge in [0, 0.05) is 12.0 Å². The number of hydrogen-bond acceptors (Lipinski definition) is 3. The van der Waals surface area contributed by atoms with Gasteiger partial charge in [-0.3, -0.25) is 0 Å². The second kappa shape index (κ2) is 3.67. The topological polar surface area (TPSA) is 53.1 Å². The Balaban J connectivity index is 2.44. The molecule has 14 heavy (non-hydrogen) atoms. The van der Waals surface area contributed by atoms with E-state index in [0.717, 1.165) is 10.9 Å². The zero-order valence-electron chi connectivity index (χ0n) is 8.10. The Labute approximate surface area is 82.3 Å². The molecule has 4 nitrogen and oxygen atoms in total. The van der Waals surface area contributed by atoms with Gasteiger partial charge in [-0.2, -0.15) is 5.10 Å². The first-order chi connectivity index (χ1) is 6.83. The Bertz CT molecular complexity index is 436. The van der Waals surface area contributed by atoms with Gasteiger partial charge >= 0.3 is 0 Å². The summed E-state index contributed by atoms with van der Waals surface area (Å²) in [6.45, 7) is 3.08. The van der Waals surface area contributed by atoms with Crippen molar-refractivity contribution in [2.75, 3.05) is 12.3 Å². The van der Waals surface area contributed by atoms with Crippen LogP contribution in [0.1, 0.15) is 6.92 Å². The molecule has 1 aromatic carbocycles. The average molecular weight is 191 g/mol. The van der Waals surface area contributed by atoms with Crippen LogP contribution in [0.25, 0.3) is 10.9 Å². The maximum atomic E-state index is 5.76. The molecule has 0 aliphatic heterocycles. The van der Waals surface area contributed by atoms with E-state index in [9.17, 15) is 0 Å². The summed E-state index contributed by atoms with van der Waals surface area (Å²) < 4.78 is 7.06. The number of nitrogens with two attached hydrogens (primary N) is 1. The normalized spacial score (nSPS) is 10.9. The molecular formula is C10H13N3O. The van der Waals surface area contributed by atoms with Gasteiger partial charge in [0.25, 0.3) is 0 Å². The van der Waals surface area contributed by atoms with Crippen molar-refractivity contribution in [2.24, 2.45) is 0 Å². The van der Waals surface area contributed by atoms with Crippen molar-refractivity contribution < 1.29 is 4.74 Å². The van der Waals surface area contributed by atoms with Gasteiger partial charge in [0.15, 0.2) is 5.82 Å². The van der Waals surface area contributed by atoms with Crippen LogP contribution >= 0.6 is 0 Å². The van der Waals surface area contributed by atoms with Gasteiger partial charge in [0.2, 0.25) is 0 Å². The van der Waals surface area contributed by atoms with E-state index < -0.39 is 0 Å². The van der Waals surface area contributed by atoms with Gasteiger partial charge in [-0.25, -0.2) is 4.68 Å². The third-order valence-electron chi connectivity index (χ3n) is 2.10. The van der Waals surface area contributed by atoms with Crippen LogP contribution in [-0.4, -0.2) is 16.4 Å². The summed E-state index contributed by atoms with van der Waals surface area (Å²) in [7, 11) is 0. The quantitative estimate of drug-likeness (QED) is 0.801. The number of para-hydroxylation sites is 1. The third kappa shape index (κ3) is 1.44. The first kappa shape index (κ1) is 9.02. The minimum Gasteiger partial charge on any atom is -0.382 e. The molecule has 4 heteroatoms. The van der Waals surface area contributed by atoms with Crippen LogP contribution in [0.4, 0.5) is 5.82 Å². The minimum absolute atomic E-state index is 0.453. The highest BCUT2D eigenvalue weighted by Gasteiger charge is 2.05. The number of nitrogen functional groups attached to an aromatic ring is 1. The SMILES string of the molecule is CCOCn1nc(N)c2ccccc21. The lowest BCUT2D eigenvalue weighted by Gasteiger charge is -2.01. The van der Waals surface area contributed by atoms with Crippen LogP contribution in [0.5, 0.6) is 0 Å². The molecule has 0 spiro atoms. The third-order valence-corrected chi connectivity index (χ3v) is 2.10. The maximum Gasteiger partial charge on any atom is 0.153 e. The van der Waals surface area contributed by atoms with E-state index in [1.807, 2.05) is 31.2 Å². The van der Waals surface area contributed by atoms with Gasteiger partial charge < -0.3 is 10.5 Å². The Morgan fingerprint density at radius 2 is 2.21 bits per heavy atom. The molecule has 0 amide bonds. The smallest absolute Gasteiger partial charge is 0.153 e. The Morgan fingerprint density at radius 3 is 3.00 bits per heavy atom. The van der Waals surface area contributed by atoms with Gasteiger partial charge in [0.1, 0.15) is 6.73 Å². The first-order valence-electron chi connectivity index (χ1n) is 4.61. The molecule has 0 aliphatic rings. The molecular weight excluding hydrogens is 178 g/mol. The number of anilines is 1. The van der Waals surface area contributed by atoms with Crippen molar-refractivity contribution >= 4 is 16.7 Å². The molecule has 0 aliphatic carbocycles. The van der Waals surface area contributed by atoms with E-state index in [4.69, 9.17) is 10.5 Å². The second-order valence-electron chi connectivity index (χ2n) is 3.02. The number of nitrogens with zero attached hydrogens (tertiary/aromatic N) is 2. The molecule has 0 bridgehead atoms. The Kier molecular flexibility index (Phi) is 2.37. The zero-order chi connectivity index (χ0) is 9.97. The Morgan fingerprint density at radius 1 is 1.43 bits per heavy atom. The largest absolute Gasteiger partial charge is 0.382 e. The summed E-state index contributed by atoms with van der Waals surface area (Å²) in [6, 6.07) is 7.86. The predicted molar refractivity (Wildman–Crippen MR) is 55.8 cm³/mol. The molecule has 0 saturated heterocycles. The van der Waals surface area contributed by atoms with Crippen LogP contribution in [0, 0.1) is 0 Å². The molecule has 2 N–H and O–H groups in total. The van der Waals surface area contributed by atoms with Crippen molar-refractivity contribution in [2.45, 2.75) is 13.7 Å². The monoisotopic (exact) mass is 191 g/mol. The van der Waals surface area contributed by atoms with Crippen molar-refractivity contribution in [3.63, 3.8) is 0 Å². The molecule has 1 heterocycles. The summed E-state index contributed by atoms with van der Waals surface area (Å²) in [5, 5.41) is 5.18. The van der Waals surface area contributed by atoms with Crippen molar-refractivity contribution in [1.29, 1.82) is 0 Å². The zero-order valence-corrected chi connectivity index (χ0v) is 8.10. The van der Waals surface area contributed by atoms with E-state index in [0.29, 0.717) is 19.2 Å². The van der Waals surface area contributed by atoms with Gasteiger partial charge in [-0.15, -0.1) is 0 Å². The molecule has 1 aromatic heterocycles. The van der Waals surface area contributed by atoms with Crippen molar-refractivity contribution in [3.8, 4) is 0 Å². The summed E-state index contributed by atoms with van der Waals surface area (Å²) >= 11 is 0. The van der Waals surface area contributed by atoms with Crippen LogP contribution in [0.3, 0.4) is 0 Å². The standard InChI is InChI=1S/C10H13N3O/c1-2-14-7-13-9-6-4-3-5-8(9)10(11)12-13/h3-6H,2,7H2,1H3,(H2,11,12). The molecule has 0 radical (unpaired) electrons. The summed E-state index contributed by atoms with van der Waals surface area (Å²) in [4.78, 5) is 0. The van der Waals surface area contributed by atoms with E-state index in [1.165, 1.54) is 0 Å². The number of fused-ring (bicyclic) bond motifs is 1. The molecule has 2 aromatic rings. The van der Waals surface area contributed by atoms with Crippen LogP contribution < -0.4 is 5.73 Å². The number of rotatable bonds is 3. The summed E-state index contributed by atoms with van der Waals surface area (Å²) in [5.41, 5.74) is 6.77. The van der Waals surface area contributed by atoms with Gasteiger partial charge in [-0.05, 0) is 19.1 Å². The summed E-state index contributed by atoms with van der Waals surface area (Å²) in [6.07, 6.45) is 0. The highest BCUT2D eigenvalue weighted by molar-refractivity contribution is 5.88. The lowest BCUT2D eigenvalue weighted by molar-refractivity contribution is 0.0825. The van der Waals surface area contributed by atoms with Gasteiger partial charge in [0.05, 0.1) is 5.52 Å². The number of hydrogen-bond donors (Lipinski definition) is 1. The number of ether oxygens (including phenoxy) is 1. The number of benzene rings is 1. The van der Waals surface area contributed by atoms with Crippen LogP contribution in [0.2, 0.25) is 0 Å². The fourth-order valence-electron chi connectivity index (χ4n) is 1.43. The fraction of sp³-hybridized carbons (Fsp3) is 0.300. The van der Waals surface area contributed by atoms with E-state index in [1.54, 1.807) is 4.68 Å². The van der Waals surface area contributed by atoms with E-state index in [-0.39, 0.29) is 0 Å². The predicted octanol–water partition coefficient (Wildman–Crippen LogP) is 1.61. The molecule has 0 fully saturated rings. The molecule has 0 saturated carbocycles. The maximum absolute atomic E-state index is 5.76. The molecule has 2 rings (SSSR count). The molecule has 0 atom stereocenters. The number of aromatic nitrogens is 2. The Hall–Kier alpha value is -1.55. The first-order valence-corrected chi connectivity index (χ1v) is 4.61. The van der Waals surface area contributed by atoms with Gasteiger partial charge in [-0.1, -0.05) is 12.1 Å². The molecule has 74 valence electrons. The van der Waals surface area contributed by atoms with E-state index >= 15 is 0 Å². The van der Waals surface area contributed by atoms with E-state index in [2.05, 4.69) is 5.10 Å². The fourth-order valence-corrected chi connectivity index (χ4v) is 1.43. The lowest BCUT2D eigenvalue weighted by atomic mass is 10.2. The lowest BCUT2D eigenvalue weighted by Crippen LogP contribution is -2.04. The second-order valence-corrected chi connectivity index (χ2v) is 3.02. The van der Waals surface area contributed by atoms with Crippen LogP contribution in [-0.2, 0) is 11.5 Å². The highest BCUT2D eigenvalue weighted by atomic mass is 16.5. The summed E-state index contributed by atoms with van der Waals surface area (Å²) in [5.74, 6) is 0.556. The average Bonchev–Trinajstić information content (AvgIpc) is 2.54. The van der Waals surface area contributed by atoms with Crippen molar-refractivity contribution in [3.05, 3.63) is 24.3 Å². The van der Waals surface area contributed by atoms with Crippen LogP contribution in [0.15, 0.2) is 24.3 Å². The highest BCUT2D eigenvalue weighted by Crippen LogP contribution is 2.19. The minimum atomic E-state index is 0.453. The molecule has 0 unspecified atom stereocenters.